The molecule has 28 heavy (non-hydrogen) atoms. The lowest BCUT2D eigenvalue weighted by Gasteiger charge is -2.19. The van der Waals surface area contributed by atoms with Gasteiger partial charge in [-0.1, -0.05) is 32.9 Å². The first-order chi connectivity index (χ1) is 13.3. The Labute approximate surface area is 166 Å². The molecule has 0 saturated carbocycles. The third kappa shape index (κ3) is 4.53. The van der Waals surface area contributed by atoms with E-state index in [1.807, 2.05) is 55.5 Å². The molecule has 1 fully saturated rings. The quantitative estimate of drug-likeness (QED) is 0.838. The summed E-state index contributed by atoms with van der Waals surface area (Å²) < 4.78 is 5.44. The number of carbonyl (C=O) groups excluding carboxylic acids is 2. The molecular formula is C23H28N2O3. The van der Waals surface area contributed by atoms with Gasteiger partial charge in [0, 0.05) is 24.3 Å². The van der Waals surface area contributed by atoms with E-state index in [0.717, 1.165) is 17.1 Å². The highest BCUT2D eigenvalue weighted by Gasteiger charge is 2.35. The minimum atomic E-state index is -0.360. The number of ether oxygens (including phenoxy) is 1. The molecule has 1 saturated heterocycles. The molecule has 148 valence electrons. The molecule has 0 spiro atoms. The summed E-state index contributed by atoms with van der Waals surface area (Å²) in [7, 11) is 0. The number of hydrogen-bond donors (Lipinski definition) is 1. The number of hydrogen-bond acceptors (Lipinski definition) is 3. The molecule has 5 nitrogen and oxygen atoms in total. The van der Waals surface area contributed by atoms with Crippen molar-refractivity contribution in [3.05, 3.63) is 54.1 Å². The number of amides is 2. The van der Waals surface area contributed by atoms with Crippen molar-refractivity contribution in [3.8, 4) is 5.75 Å². The first-order valence-electron chi connectivity index (χ1n) is 9.72. The SMILES string of the molecule is CCOc1ccc(N2CC(C(=O)Nc3ccc(C(C)(C)C)cc3)CC2=O)cc1. The Bertz CT molecular complexity index is 836. The average molecular weight is 380 g/mol. The van der Waals surface area contributed by atoms with E-state index in [-0.39, 0.29) is 29.6 Å². The second-order valence-electron chi connectivity index (χ2n) is 8.15. The fourth-order valence-electron chi connectivity index (χ4n) is 3.32. The molecule has 5 heteroatoms. The number of carbonyl (C=O) groups is 2. The van der Waals surface area contributed by atoms with Crippen LogP contribution < -0.4 is 15.0 Å². The van der Waals surface area contributed by atoms with E-state index in [9.17, 15) is 9.59 Å². The Morgan fingerprint density at radius 2 is 1.75 bits per heavy atom. The molecule has 1 heterocycles. The van der Waals surface area contributed by atoms with Crippen LogP contribution in [0.1, 0.15) is 39.7 Å². The van der Waals surface area contributed by atoms with Gasteiger partial charge in [0.1, 0.15) is 5.75 Å². The highest BCUT2D eigenvalue weighted by atomic mass is 16.5. The van der Waals surface area contributed by atoms with E-state index < -0.39 is 0 Å². The second kappa shape index (κ2) is 8.05. The van der Waals surface area contributed by atoms with Gasteiger partial charge in [0.15, 0.2) is 0 Å². The molecule has 2 amide bonds. The van der Waals surface area contributed by atoms with Crippen LogP contribution in [-0.2, 0) is 15.0 Å². The molecule has 1 N–H and O–H groups in total. The molecule has 1 aliphatic heterocycles. The van der Waals surface area contributed by atoms with Crippen LogP contribution in [0.25, 0.3) is 0 Å². The fraction of sp³-hybridized carbons (Fsp3) is 0.391. The van der Waals surface area contributed by atoms with Gasteiger partial charge in [-0.05, 0) is 54.3 Å². The number of benzene rings is 2. The first-order valence-corrected chi connectivity index (χ1v) is 9.72. The Morgan fingerprint density at radius 3 is 2.32 bits per heavy atom. The van der Waals surface area contributed by atoms with Crippen LogP contribution in [0.4, 0.5) is 11.4 Å². The van der Waals surface area contributed by atoms with Gasteiger partial charge in [-0.25, -0.2) is 0 Å². The number of rotatable bonds is 5. The van der Waals surface area contributed by atoms with Crippen molar-refractivity contribution in [1.29, 1.82) is 0 Å². The third-order valence-electron chi connectivity index (χ3n) is 4.97. The van der Waals surface area contributed by atoms with Crippen molar-refractivity contribution >= 4 is 23.2 Å². The smallest absolute Gasteiger partial charge is 0.229 e. The molecular weight excluding hydrogens is 352 g/mol. The minimum absolute atomic E-state index is 0.0348. The lowest BCUT2D eigenvalue weighted by molar-refractivity contribution is -0.122. The summed E-state index contributed by atoms with van der Waals surface area (Å²) in [6, 6.07) is 15.3. The van der Waals surface area contributed by atoms with Crippen LogP contribution in [0.2, 0.25) is 0 Å². The van der Waals surface area contributed by atoms with Crippen molar-refractivity contribution in [2.45, 2.75) is 39.5 Å². The summed E-state index contributed by atoms with van der Waals surface area (Å²) >= 11 is 0. The van der Waals surface area contributed by atoms with Crippen molar-refractivity contribution < 1.29 is 14.3 Å². The lowest BCUT2D eigenvalue weighted by atomic mass is 9.87. The van der Waals surface area contributed by atoms with Gasteiger partial charge in [0.05, 0.1) is 12.5 Å². The van der Waals surface area contributed by atoms with Crippen molar-refractivity contribution in [2.75, 3.05) is 23.4 Å². The standard InChI is InChI=1S/C23H28N2O3/c1-5-28-20-12-10-19(11-13-20)25-15-16(14-21(25)26)22(27)24-18-8-6-17(7-9-18)23(2,3)4/h6-13,16H,5,14-15H2,1-4H3,(H,24,27). The van der Waals surface area contributed by atoms with Crippen molar-refractivity contribution in [2.24, 2.45) is 5.92 Å². The topological polar surface area (TPSA) is 58.6 Å². The summed E-state index contributed by atoms with van der Waals surface area (Å²) in [6.07, 6.45) is 0.221. The maximum atomic E-state index is 12.6. The summed E-state index contributed by atoms with van der Waals surface area (Å²) in [5.41, 5.74) is 2.82. The number of anilines is 2. The Balaban J connectivity index is 1.63. The summed E-state index contributed by atoms with van der Waals surface area (Å²) in [6.45, 7) is 9.37. The molecule has 1 atom stereocenters. The van der Waals surface area contributed by atoms with Gasteiger partial charge >= 0.3 is 0 Å². The molecule has 0 radical (unpaired) electrons. The summed E-state index contributed by atoms with van der Waals surface area (Å²) in [5, 5.41) is 2.94. The van der Waals surface area contributed by atoms with Crippen LogP contribution in [0.5, 0.6) is 5.75 Å². The molecule has 2 aromatic carbocycles. The minimum Gasteiger partial charge on any atom is -0.494 e. The van der Waals surface area contributed by atoms with Crippen LogP contribution in [-0.4, -0.2) is 25.0 Å². The zero-order chi connectivity index (χ0) is 20.3. The van der Waals surface area contributed by atoms with E-state index in [4.69, 9.17) is 4.74 Å². The van der Waals surface area contributed by atoms with Gasteiger partial charge < -0.3 is 15.0 Å². The van der Waals surface area contributed by atoms with E-state index in [0.29, 0.717) is 13.2 Å². The highest BCUT2D eigenvalue weighted by molar-refractivity contribution is 6.03. The van der Waals surface area contributed by atoms with Gasteiger partial charge in [-0.15, -0.1) is 0 Å². The highest BCUT2D eigenvalue weighted by Crippen LogP contribution is 2.28. The maximum Gasteiger partial charge on any atom is 0.229 e. The van der Waals surface area contributed by atoms with Crippen LogP contribution in [0.3, 0.4) is 0 Å². The Kier molecular flexibility index (Phi) is 5.73. The maximum absolute atomic E-state index is 12.6. The van der Waals surface area contributed by atoms with Crippen LogP contribution in [0, 0.1) is 5.92 Å². The predicted octanol–water partition coefficient (Wildman–Crippen LogP) is 4.37. The van der Waals surface area contributed by atoms with E-state index in [1.165, 1.54) is 5.56 Å². The van der Waals surface area contributed by atoms with Crippen LogP contribution in [0.15, 0.2) is 48.5 Å². The Morgan fingerprint density at radius 1 is 1.11 bits per heavy atom. The zero-order valence-electron chi connectivity index (χ0n) is 17.0. The molecule has 1 aliphatic rings. The Hall–Kier alpha value is -2.82. The van der Waals surface area contributed by atoms with Crippen molar-refractivity contribution in [1.82, 2.24) is 0 Å². The molecule has 0 aliphatic carbocycles. The third-order valence-corrected chi connectivity index (χ3v) is 4.97. The normalized spacial score (nSPS) is 16.9. The molecule has 0 bridgehead atoms. The van der Waals surface area contributed by atoms with Gasteiger partial charge in [0.2, 0.25) is 11.8 Å². The predicted molar refractivity (Wildman–Crippen MR) is 112 cm³/mol. The fourth-order valence-corrected chi connectivity index (χ4v) is 3.32. The van der Waals surface area contributed by atoms with Crippen molar-refractivity contribution in [3.63, 3.8) is 0 Å². The largest absolute Gasteiger partial charge is 0.494 e. The van der Waals surface area contributed by atoms with E-state index in [1.54, 1.807) is 4.90 Å². The number of nitrogens with one attached hydrogen (secondary N) is 1. The second-order valence-corrected chi connectivity index (χ2v) is 8.15. The molecule has 1 unspecified atom stereocenters. The summed E-state index contributed by atoms with van der Waals surface area (Å²) in [4.78, 5) is 26.7. The van der Waals surface area contributed by atoms with Crippen LogP contribution >= 0.6 is 0 Å². The molecule has 0 aromatic heterocycles. The first kappa shape index (κ1) is 19.9. The molecule has 2 aromatic rings. The van der Waals surface area contributed by atoms with E-state index in [2.05, 4.69) is 26.1 Å². The van der Waals surface area contributed by atoms with Gasteiger partial charge in [0.25, 0.3) is 0 Å². The summed E-state index contributed by atoms with van der Waals surface area (Å²) in [5.74, 6) is 0.255. The number of nitrogens with zero attached hydrogens (tertiary/aromatic N) is 1. The molecule has 3 rings (SSSR count). The lowest BCUT2D eigenvalue weighted by Crippen LogP contribution is -2.28. The average Bonchev–Trinajstić information content (AvgIpc) is 3.04. The van der Waals surface area contributed by atoms with Gasteiger partial charge in [-0.3, -0.25) is 9.59 Å². The van der Waals surface area contributed by atoms with E-state index >= 15 is 0 Å². The monoisotopic (exact) mass is 380 g/mol. The zero-order valence-corrected chi connectivity index (χ0v) is 17.0. The van der Waals surface area contributed by atoms with Gasteiger partial charge in [-0.2, -0.15) is 0 Å².